The van der Waals surface area contributed by atoms with Crippen molar-refractivity contribution >= 4 is 5.91 Å². The molecule has 2 aromatic rings. The highest BCUT2D eigenvalue weighted by molar-refractivity contribution is 5.77. The minimum atomic E-state index is -0.374. The van der Waals surface area contributed by atoms with E-state index >= 15 is 0 Å². The normalized spacial score (nSPS) is 10.2. The molecule has 2 rings (SSSR count). The van der Waals surface area contributed by atoms with E-state index in [2.05, 4.69) is 0 Å². The first-order valence-electron chi connectivity index (χ1n) is 5.28. The molecule has 0 saturated heterocycles. The fourth-order valence-corrected chi connectivity index (χ4v) is 1.73. The molecule has 0 fully saturated rings. The van der Waals surface area contributed by atoms with Crippen LogP contribution in [0.2, 0.25) is 0 Å². The highest BCUT2D eigenvalue weighted by atomic mass is 19.1. The van der Waals surface area contributed by atoms with Gasteiger partial charge in [-0.2, -0.15) is 0 Å². The molecule has 0 aliphatic heterocycles. The van der Waals surface area contributed by atoms with Crippen LogP contribution < -0.4 is 5.73 Å². The Morgan fingerprint density at radius 2 is 1.71 bits per heavy atom. The summed E-state index contributed by atoms with van der Waals surface area (Å²) in [6.07, 6.45) is 0.198. The van der Waals surface area contributed by atoms with Gasteiger partial charge in [0.05, 0.1) is 6.42 Å². The maximum atomic E-state index is 13.1. The first-order chi connectivity index (χ1) is 8.15. The molecule has 0 radical (unpaired) electrons. The molecule has 0 atom stereocenters. The maximum Gasteiger partial charge on any atom is 0.221 e. The summed E-state index contributed by atoms with van der Waals surface area (Å²) >= 11 is 0. The van der Waals surface area contributed by atoms with Crippen LogP contribution in [0.1, 0.15) is 5.56 Å². The number of carbonyl (C=O) groups is 1. The van der Waals surface area contributed by atoms with E-state index in [9.17, 15) is 9.18 Å². The predicted octanol–water partition coefficient (Wildman–Crippen LogP) is 2.52. The van der Waals surface area contributed by atoms with E-state index in [-0.39, 0.29) is 18.1 Å². The average molecular weight is 229 g/mol. The van der Waals surface area contributed by atoms with Gasteiger partial charge in [-0.1, -0.05) is 36.4 Å². The molecular formula is C14H12FNO. The molecule has 0 aliphatic carbocycles. The fraction of sp³-hybridized carbons (Fsp3) is 0.0714. The van der Waals surface area contributed by atoms with Gasteiger partial charge in [0.1, 0.15) is 5.82 Å². The average Bonchev–Trinajstić information content (AvgIpc) is 2.28. The first-order valence-corrected chi connectivity index (χ1v) is 5.28. The molecule has 0 aromatic heterocycles. The number of hydrogen-bond donors (Lipinski definition) is 1. The summed E-state index contributed by atoms with van der Waals surface area (Å²) in [5, 5.41) is 0. The lowest BCUT2D eigenvalue weighted by molar-refractivity contribution is -0.117. The molecule has 2 aromatic carbocycles. The summed E-state index contributed by atoms with van der Waals surface area (Å²) in [6, 6.07) is 13.7. The van der Waals surface area contributed by atoms with Gasteiger partial charge in [0.15, 0.2) is 0 Å². The van der Waals surface area contributed by atoms with Crippen molar-refractivity contribution in [3.8, 4) is 11.1 Å². The summed E-state index contributed by atoms with van der Waals surface area (Å²) < 4.78 is 13.1. The van der Waals surface area contributed by atoms with Crippen LogP contribution in [0.5, 0.6) is 0 Å². The minimum Gasteiger partial charge on any atom is -0.369 e. The Balaban J connectivity index is 2.36. The van der Waals surface area contributed by atoms with E-state index in [4.69, 9.17) is 5.73 Å². The van der Waals surface area contributed by atoms with E-state index < -0.39 is 0 Å². The van der Waals surface area contributed by atoms with E-state index in [1.54, 1.807) is 6.07 Å². The maximum absolute atomic E-state index is 13.1. The molecule has 1 amide bonds. The predicted molar refractivity (Wildman–Crippen MR) is 64.7 cm³/mol. The Morgan fingerprint density at radius 1 is 1.06 bits per heavy atom. The van der Waals surface area contributed by atoms with Gasteiger partial charge in [-0.3, -0.25) is 4.79 Å². The smallest absolute Gasteiger partial charge is 0.221 e. The highest BCUT2D eigenvalue weighted by Crippen LogP contribution is 2.21. The second-order valence-electron chi connectivity index (χ2n) is 3.85. The Morgan fingerprint density at radius 3 is 2.35 bits per heavy atom. The Hall–Kier alpha value is -2.16. The minimum absolute atomic E-state index is 0.198. The molecular weight excluding hydrogens is 217 g/mol. The zero-order valence-corrected chi connectivity index (χ0v) is 9.19. The van der Waals surface area contributed by atoms with Gasteiger partial charge in [-0.15, -0.1) is 0 Å². The second kappa shape index (κ2) is 4.78. The molecule has 0 saturated carbocycles. The van der Waals surface area contributed by atoms with Gasteiger partial charge in [-0.25, -0.2) is 4.39 Å². The number of halogens is 1. The fourth-order valence-electron chi connectivity index (χ4n) is 1.73. The standard InChI is InChI=1S/C14H12FNO/c15-13-6-2-5-12(9-13)11-4-1-3-10(7-11)8-14(16)17/h1-7,9H,8H2,(H2,16,17). The van der Waals surface area contributed by atoms with Gasteiger partial charge in [0, 0.05) is 0 Å². The van der Waals surface area contributed by atoms with Crippen LogP contribution in [-0.4, -0.2) is 5.91 Å². The molecule has 0 bridgehead atoms. The first kappa shape index (κ1) is 11.3. The molecule has 17 heavy (non-hydrogen) atoms. The van der Waals surface area contributed by atoms with Crippen LogP contribution in [0.25, 0.3) is 11.1 Å². The molecule has 2 nitrogen and oxygen atoms in total. The summed E-state index contributed by atoms with van der Waals surface area (Å²) in [5.41, 5.74) is 7.64. The third-order valence-corrected chi connectivity index (χ3v) is 2.46. The molecule has 0 heterocycles. The van der Waals surface area contributed by atoms with Crippen molar-refractivity contribution in [3.63, 3.8) is 0 Å². The topological polar surface area (TPSA) is 43.1 Å². The summed E-state index contributed by atoms with van der Waals surface area (Å²) in [5.74, 6) is -0.649. The largest absolute Gasteiger partial charge is 0.369 e. The number of carbonyl (C=O) groups excluding carboxylic acids is 1. The second-order valence-corrected chi connectivity index (χ2v) is 3.85. The van der Waals surface area contributed by atoms with Crippen molar-refractivity contribution < 1.29 is 9.18 Å². The van der Waals surface area contributed by atoms with Crippen LogP contribution in [0.4, 0.5) is 4.39 Å². The molecule has 86 valence electrons. The van der Waals surface area contributed by atoms with Gasteiger partial charge in [0.25, 0.3) is 0 Å². The third-order valence-electron chi connectivity index (χ3n) is 2.46. The number of hydrogen-bond acceptors (Lipinski definition) is 1. The molecule has 3 heteroatoms. The number of benzene rings is 2. The quantitative estimate of drug-likeness (QED) is 0.863. The van der Waals surface area contributed by atoms with Crippen molar-refractivity contribution in [3.05, 3.63) is 59.9 Å². The number of rotatable bonds is 3. The van der Waals surface area contributed by atoms with Crippen molar-refractivity contribution in [2.75, 3.05) is 0 Å². The van der Waals surface area contributed by atoms with Gasteiger partial charge < -0.3 is 5.73 Å². The number of nitrogens with two attached hydrogens (primary N) is 1. The Kier molecular flexibility index (Phi) is 3.19. The van der Waals surface area contributed by atoms with Crippen LogP contribution in [0.3, 0.4) is 0 Å². The highest BCUT2D eigenvalue weighted by Gasteiger charge is 2.02. The Bertz CT molecular complexity index is 551. The lowest BCUT2D eigenvalue weighted by Gasteiger charge is -2.04. The lowest BCUT2D eigenvalue weighted by atomic mass is 10.0. The molecule has 0 spiro atoms. The monoisotopic (exact) mass is 229 g/mol. The van der Waals surface area contributed by atoms with E-state index in [0.717, 1.165) is 16.7 Å². The van der Waals surface area contributed by atoms with Crippen LogP contribution in [0, 0.1) is 5.82 Å². The van der Waals surface area contributed by atoms with Gasteiger partial charge in [-0.05, 0) is 28.8 Å². The van der Waals surface area contributed by atoms with Crippen molar-refractivity contribution in [1.82, 2.24) is 0 Å². The van der Waals surface area contributed by atoms with Gasteiger partial charge in [0.2, 0.25) is 5.91 Å². The van der Waals surface area contributed by atoms with Crippen LogP contribution in [-0.2, 0) is 11.2 Å². The Labute approximate surface area is 98.9 Å². The summed E-state index contributed by atoms with van der Waals surface area (Å²) in [4.78, 5) is 10.8. The van der Waals surface area contributed by atoms with Crippen molar-refractivity contribution in [2.24, 2.45) is 5.73 Å². The van der Waals surface area contributed by atoms with E-state index in [0.29, 0.717) is 0 Å². The summed E-state index contributed by atoms with van der Waals surface area (Å²) in [6.45, 7) is 0. The summed E-state index contributed by atoms with van der Waals surface area (Å²) in [7, 11) is 0. The molecule has 2 N–H and O–H groups in total. The van der Waals surface area contributed by atoms with Crippen LogP contribution >= 0.6 is 0 Å². The number of primary amides is 1. The van der Waals surface area contributed by atoms with Crippen molar-refractivity contribution in [2.45, 2.75) is 6.42 Å². The molecule has 0 unspecified atom stereocenters. The SMILES string of the molecule is NC(=O)Cc1cccc(-c2cccc(F)c2)c1. The van der Waals surface area contributed by atoms with Crippen molar-refractivity contribution in [1.29, 1.82) is 0 Å². The molecule has 0 aliphatic rings. The van der Waals surface area contributed by atoms with Crippen LogP contribution in [0.15, 0.2) is 48.5 Å². The third kappa shape index (κ3) is 2.91. The lowest BCUT2D eigenvalue weighted by Crippen LogP contribution is -2.13. The van der Waals surface area contributed by atoms with E-state index in [1.807, 2.05) is 30.3 Å². The van der Waals surface area contributed by atoms with E-state index in [1.165, 1.54) is 12.1 Å². The zero-order chi connectivity index (χ0) is 12.3. The number of amides is 1. The van der Waals surface area contributed by atoms with Gasteiger partial charge >= 0.3 is 0 Å². The zero-order valence-electron chi connectivity index (χ0n) is 9.19.